The monoisotopic (exact) mass is 293 g/mol. The van der Waals surface area contributed by atoms with Crippen LogP contribution >= 0.6 is 11.3 Å². The van der Waals surface area contributed by atoms with Gasteiger partial charge in [0.15, 0.2) is 11.5 Å². The molecule has 4 nitrogen and oxygen atoms in total. The van der Waals surface area contributed by atoms with Crippen LogP contribution in [0.3, 0.4) is 0 Å². The van der Waals surface area contributed by atoms with Crippen LogP contribution in [0.25, 0.3) is 0 Å². The van der Waals surface area contributed by atoms with Gasteiger partial charge in [0, 0.05) is 18.0 Å². The van der Waals surface area contributed by atoms with Gasteiger partial charge in [-0.2, -0.15) is 0 Å². The van der Waals surface area contributed by atoms with E-state index in [0.717, 1.165) is 18.5 Å². The topological polar surface area (TPSA) is 50.7 Å². The highest BCUT2D eigenvalue weighted by Gasteiger charge is 2.10. The quantitative estimate of drug-likeness (QED) is 0.771. The molecule has 1 heterocycles. The summed E-state index contributed by atoms with van der Waals surface area (Å²) in [6, 6.07) is 7.83. The van der Waals surface area contributed by atoms with Crippen molar-refractivity contribution in [3.63, 3.8) is 0 Å². The summed E-state index contributed by atoms with van der Waals surface area (Å²) < 4.78 is 10.3. The SMILES string of the molecule is COc1cc(CNCCc2cccs2)cc(OC)c1O. The Balaban J connectivity index is 1.92. The van der Waals surface area contributed by atoms with Crippen molar-refractivity contribution in [3.8, 4) is 17.2 Å². The van der Waals surface area contributed by atoms with Crippen molar-refractivity contribution in [2.24, 2.45) is 0 Å². The number of thiophene rings is 1. The summed E-state index contributed by atoms with van der Waals surface area (Å²) in [4.78, 5) is 1.37. The molecule has 0 amide bonds. The van der Waals surface area contributed by atoms with E-state index in [1.807, 2.05) is 12.1 Å². The lowest BCUT2D eigenvalue weighted by molar-refractivity contribution is 0.339. The molecule has 0 fully saturated rings. The summed E-state index contributed by atoms with van der Waals surface area (Å²) in [5, 5.41) is 15.3. The lowest BCUT2D eigenvalue weighted by atomic mass is 10.1. The van der Waals surface area contributed by atoms with E-state index in [1.54, 1.807) is 11.3 Å². The van der Waals surface area contributed by atoms with Crippen LogP contribution in [0, 0.1) is 0 Å². The number of phenols is 1. The first-order valence-electron chi connectivity index (χ1n) is 6.41. The maximum atomic E-state index is 9.84. The number of hydrogen-bond acceptors (Lipinski definition) is 5. The van der Waals surface area contributed by atoms with Gasteiger partial charge in [0.05, 0.1) is 14.2 Å². The zero-order valence-electron chi connectivity index (χ0n) is 11.7. The van der Waals surface area contributed by atoms with E-state index in [0.29, 0.717) is 18.0 Å². The normalized spacial score (nSPS) is 10.5. The smallest absolute Gasteiger partial charge is 0.200 e. The Labute approximate surface area is 123 Å². The van der Waals surface area contributed by atoms with Gasteiger partial charge in [-0.25, -0.2) is 0 Å². The second-order valence-electron chi connectivity index (χ2n) is 4.36. The lowest BCUT2D eigenvalue weighted by Gasteiger charge is -2.11. The van der Waals surface area contributed by atoms with Crippen LogP contribution in [0.15, 0.2) is 29.6 Å². The van der Waals surface area contributed by atoms with E-state index in [1.165, 1.54) is 19.1 Å². The maximum absolute atomic E-state index is 9.84. The number of benzene rings is 1. The molecular formula is C15H19NO3S. The van der Waals surface area contributed by atoms with Gasteiger partial charge in [0.2, 0.25) is 5.75 Å². The third kappa shape index (κ3) is 3.65. The first-order valence-corrected chi connectivity index (χ1v) is 7.29. The van der Waals surface area contributed by atoms with Crippen LogP contribution in [0.1, 0.15) is 10.4 Å². The average Bonchev–Trinajstić information content (AvgIpc) is 2.98. The summed E-state index contributed by atoms with van der Waals surface area (Å²) in [5.41, 5.74) is 1.02. The molecule has 108 valence electrons. The molecule has 20 heavy (non-hydrogen) atoms. The minimum Gasteiger partial charge on any atom is -0.502 e. The largest absolute Gasteiger partial charge is 0.502 e. The van der Waals surface area contributed by atoms with Crippen molar-refractivity contribution in [1.82, 2.24) is 5.32 Å². The van der Waals surface area contributed by atoms with E-state index >= 15 is 0 Å². The highest BCUT2D eigenvalue weighted by Crippen LogP contribution is 2.36. The zero-order valence-corrected chi connectivity index (χ0v) is 12.5. The fourth-order valence-electron chi connectivity index (χ4n) is 1.95. The van der Waals surface area contributed by atoms with Crippen molar-refractivity contribution in [1.29, 1.82) is 0 Å². The molecule has 1 aromatic heterocycles. The van der Waals surface area contributed by atoms with Gasteiger partial charge in [0.25, 0.3) is 0 Å². The molecule has 0 bridgehead atoms. The molecular weight excluding hydrogens is 274 g/mol. The Morgan fingerprint density at radius 1 is 1.20 bits per heavy atom. The van der Waals surface area contributed by atoms with E-state index in [4.69, 9.17) is 9.47 Å². The van der Waals surface area contributed by atoms with Crippen molar-refractivity contribution in [2.45, 2.75) is 13.0 Å². The molecule has 0 aliphatic rings. The number of aromatic hydroxyl groups is 1. The molecule has 2 aromatic rings. The Hall–Kier alpha value is -1.72. The number of phenolic OH excluding ortho intramolecular Hbond substituents is 1. The van der Waals surface area contributed by atoms with E-state index < -0.39 is 0 Å². The van der Waals surface area contributed by atoms with Crippen LogP contribution in [0.5, 0.6) is 17.2 Å². The van der Waals surface area contributed by atoms with Crippen molar-refractivity contribution < 1.29 is 14.6 Å². The Morgan fingerprint density at radius 3 is 2.45 bits per heavy atom. The molecule has 0 radical (unpaired) electrons. The predicted molar refractivity (Wildman–Crippen MR) is 80.9 cm³/mol. The molecule has 2 rings (SSSR count). The summed E-state index contributed by atoms with van der Waals surface area (Å²) >= 11 is 1.77. The van der Waals surface area contributed by atoms with Crippen LogP contribution in [0.2, 0.25) is 0 Å². The van der Waals surface area contributed by atoms with Crippen LogP contribution < -0.4 is 14.8 Å². The number of rotatable bonds is 7. The second-order valence-corrected chi connectivity index (χ2v) is 5.39. The van der Waals surface area contributed by atoms with E-state index in [9.17, 15) is 5.11 Å². The third-order valence-electron chi connectivity index (χ3n) is 3.00. The van der Waals surface area contributed by atoms with Crippen LogP contribution in [0.4, 0.5) is 0 Å². The highest BCUT2D eigenvalue weighted by atomic mass is 32.1. The minimum atomic E-state index is 0.0392. The number of ether oxygens (including phenoxy) is 2. The highest BCUT2D eigenvalue weighted by molar-refractivity contribution is 7.09. The second kappa shape index (κ2) is 7.17. The maximum Gasteiger partial charge on any atom is 0.200 e. The van der Waals surface area contributed by atoms with E-state index in [-0.39, 0.29) is 5.75 Å². The number of nitrogens with one attached hydrogen (secondary N) is 1. The van der Waals surface area contributed by atoms with Gasteiger partial charge in [-0.1, -0.05) is 6.07 Å². The van der Waals surface area contributed by atoms with Crippen LogP contribution in [-0.2, 0) is 13.0 Å². The molecule has 5 heteroatoms. The van der Waals surface area contributed by atoms with E-state index in [2.05, 4.69) is 22.8 Å². The zero-order chi connectivity index (χ0) is 14.4. The van der Waals surface area contributed by atoms with Gasteiger partial charge in [-0.05, 0) is 35.6 Å². The number of methoxy groups -OCH3 is 2. The molecule has 0 spiro atoms. The fourth-order valence-corrected chi connectivity index (χ4v) is 2.66. The summed E-state index contributed by atoms with van der Waals surface area (Å²) in [5.74, 6) is 0.899. The fraction of sp³-hybridized carbons (Fsp3) is 0.333. The molecule has 0 atom stereocenters. The lowest BCUT2D eigenvalue weighted by Crippen LogP contribution is -2.16. The van der Waals surface area contributed by atoms with Gasteiger partial charge in [-0.15, -0.1) is 11.3 Å². The summed E-state index contributed by atoms with van der Waals surface area (Å²) in [7, 11) is 3.06. The molecule has 2 N–H and O–H groups in total. The van der Waals surface area contributed by atoms with Crippen molar-refractivity contribution in [3.05, 3.63) is 40.1 Å². The van der Waals surface area contributed by atoms with Gasteiger partial charge < -0.3 is 19.9 Å². The molecule has 1 aromatic carbocycles. The summed E-state index contributed by atoms with van der Waals surface area (Å²) in [6.07, 6.45) is 1.02. The van der Waals surface area contributed by atoms with Crippen molar-refractivity contribution >= 4 is 11.3 Å². The minimum absolute atomic E-state index is 0.0392. The molecule has 0 saturated heterocycles. The van der Waals surface area contributed by atoms with Gasteiger partial charge in [0.1, 0.15) is 0 Å². The van der Waals surface area contributed by atoms with Gasteiger partial charge in [-0.3, -0.25) is 0 Å². The summed E-state index contributed by atoms with van der Waals surface area (Å²) in [6.45, 7) is 1.62. The first kappa shape index (κ1) is 14.7. The molecule has 0 saturated carbocycles. The molecule has 0 aliphatic heterocycles. The predicted octanol–water partition coefficient (Wildman–Crippen LogP) is 2.80. The standard InChI is InChI=1S/C15H19NO3S/c1-18-13-8-11(9-14(19-2)15(13)17)10-16-6-5-12-4-3-7-20-12/h3-4,7-9,16-17H,5-6,10H2,1-2H3. The Kier molecular flexibility index (Phi) is 5.26. The third-order valence-corrected chi connectivity index (χ3v) is 3.93. The average molecular weight is 293 g/mol. The number of hydrogen-bond donors (Lipinski definition) is 2. The molecule has 0 aliphatic carbocycles. The van der Waals surface area contributed by atoms with Crippen LogP contribution in [-0.4, -0.2) is 25.9 Å². The van der Waals surface area contributed by atoms with Gasteiger partial charge >= 0.3 is 0 Å². The molecule has 0 unspecified atom stereocenters. The first-order chi connectivity index (χ1) is 9.74. The Morgan fingerprint density at radius 2 is 1.90 bits per heavy atom. The van der Waals surface area contributed by atoms with Crippen molar-refractivity contribution in [2.75, 3.05) is 20.8 Å². The Bertz CT molecular complexity index is 515.